The van der Waals surface area contributed by atoms with Gasteiger partial charge in [0.2, 0.25) is 0 Å². The van der Waals surface area contributed by atoms with Crippen molar-refractivity contribution in [1.82, 2.24) is 10.4 Å². The fourth-order valence-electron chi connectivity index (χ4n) is 1.49. The van der Waals surface area contributed by atoms with Crippen LogP contribution in [0, 0.1) is 0 Å². The van der Waals surface area contributed by atoms with Gasteiger partial charge in [0.15, 0.2) is 0 Å². The number of hydrogen-bond acceptors (Lipinski definition) is 2. The van der Waals surface area contributed by atoms with Gasteiger partial charge in [-0.15, -0.1) is 10.3 Å². The summed E-state index contributed by atoms with van der Waals surface area (Å²) in [5.41, 5.74) is -0.422. The van der Waals surface area contributed by atoms with Crippen molar-refractivity contribution in [2.45, 2.75) is 38.9 Å². The molecule has 0 saturated carbocycles. The fraction of sp³-hybridized carbons (Fsp3) is 1.00. The SMILES string of the molecule is CC1(C)CN([O])C(C)(C)N1. The van der Waals surface area contributed by atoms with Crippen LogP contribution in [0.25, 0.3) is 0 Å². The van der Waals surface area contributed by atoms with Crippen LogP contribution in [0.2, 0.25) is 0 Å². The minimum absolute atomic E-state index is 0.0365. The second-order valence-corrected chi connectivity index (χ2v) is 4.10. The molecule has 0 aromatic heterocycles. The van der Waals surface area contributed by atoms with E-state index in [0.717, 1.165) is 5.06 Å². The van der Waals surface area contributed by atoms with Crippen molar-refractivity contribution in [1.29, 1.82) is 0 Å². The van der Waals surface area contributed by atoms with E-state index in [1.807, 2.05) is 27.7 Å². The molecule has 0 bridgehead atoms. The van der Waals surface area contributed by atoms with Gasteiger partial charge >= 0.3 is 0 Å². The Balaban J connectivity index is 2.71. The van der Waals surface area contributed by atoms with Gasteiger partial charge in [0, 0.05) is 12.1 Å². The molecule has 1 radical (unpaired) electrons. The van der Waals surface area contributed by atoms with Gasteiger partial charge in [-0.1, -0.05) is 0 Å². The van der Waals surface area contributed by atoms with Gasteiger partial charge in [-0.05, 0) is 27.7 Å². The summed E-state index contributed by atoms with van der Waals surface area (Å²) in [5.74, 6) is 0. The maximum atomic E-state index is 11.2. The zero-order valence-corrected chi connectivity index (χ0v) is 7.06. The van der Waals surface area contributed by atoms with E-state index < -0.39 is 0 Å². The molecule has 0 atom stereocenters. The third-order valence-corrected chi connectivity index (χ3v) is 1.81. The van der Waals surface area contributed by atoms with E-state index in [4.69, 9.17) is 0 Å². The summed E-state index contributed by atoms with van der Waals surface area (Å²) >= 11 is 0. The van der Waals surface area contributed by atoms with Gasteiger partial charge in [-0.2, -0.15) is 0 Å². The monoisotopic (exact) mass is 143 g/mol. The maximum absolute atomic E-state index is 11.2. The van der Waals surface area contributed by atoms with Crippen LogP contribution in [-0.2, 0) is 5.21 Å². The summed E-state index contributed by atoms with van der Waals surface area (Å²) in [6, 6.07) is 0. The smallest absolute Gasteiger partial charge is 0.0932 e. The predicted molar refractivity (Wildman–Crippen MR) is 38.7 cm³/mol. The second-order valence-electron chi connectivity index (χ2n) is 4.10. The van der Waals surface area contributed by atoms with Gasteiger partial charge in [0.25, 0.3) is 0 Å². The van der Waals surface area contributed by atoms with E-state index in [1.54, 1.807) is 0 Å². The summed E-state index contributed by atoms with van der Waals surface area (Å²) in [6.07, 6.45) is 0. The number of rotatable bonds is 0. The van der Waals surface area contributed by atoms with Crippen LogP contribution < -0.4 is 5.32 Å². The Kier molecular flexibility index (Phi) is 1.54. The minimum atomic E-state index is -0.385. The lowest BCUT2D eigenvalue weighted by atomic mass is 10.1. The molecule has 0 aromatic carbocycles. The van der Waals surface area contributed by atoms with E-state index >= 15 is 0 Å². The zero-order valence-electron chi connectivity index (χ0n) is 7.06. The molecule has 1 N–H and O–H groups in total. The van der Waals surface area contributed by atoms with Crippen LogP contribution in [0.3, 0.4) is 0 Å². The number of nitrogens with one attached hydrogen (secondary N) is 1. The normalized spacial score (nSPS) is 30.9. The number of hydroxylamine groups is 2. The maximum Gasteiger partial charge on any atom is 0.0932 e. The van der Waals surface area contributed by atoms with Crippen LogP contribution in [0.4, 0.5) is 0 Å². The molecule has 1 aliphatic heterocycles. The lowest BCUT2D eigenvalue weighted by molar-refractivity contribution is -0.199. The van der Waals surface area contributed by atoms with Crippen molar-refractivity contribution >= 4 is 0 Å². The first-order valence-electron chi connectivity index (χ1n) is 3.58. The summed E-state index contributed by atoms with van der Waals surface area (Å²) in [5, 5.41) is 15.5. The standard InChI is InChI=1S/C7H15N2O/c1-6(2)5-9(10)7(3,4)8-6/h8H,5H2,1-4H3. The minimum Gasteiger partial charge on any atom is -0.291 e. The molecule has 1 aliphatic rings. The summed E-state index contributed by atoms with van der Waals surface area (Å²) in [6.45, 7) is 8.43. The Morgan fingerprint density at radius 2 is 1.80 bits per heavy atom. The van der Waals surface area contributed by atoms with Crippen molar-refractivity contribution < 1.29 is 5.21 Å². The van der Waals surface area contributed by atoms with Gasteiger partial charge in [-0.25, -0.2) is 0 Å². The van der Waals surface area contributed by atoms with Crippen LogP contribution in [-0.4, -0.2) is 22.8 Å². The predicted octanol–water partition coefficient (Wildman–Crippen LogP) is 0.752. The first-order valence-corrected chi connectivity index (χ1v) is 3.58. The van der Waals surface area contributed by atoms with Crippen molar-refractivity contribution in [3.8, 4) is 0 Å². The van der Waals surface area contributed by atoms with Crippen molar-refractivity contribution in [2.24, 2.45) is 0 Å². The Hall–Kier alpha value is -0.120. The van der Waals surface area contributed by atoms with Gasteiger partial charge < -0.3 is 0 Å². The molecule has 1 saturated heterocycles. The Morgan fingerprint density at radius 3 is 1.90 bits per heavy atom. The molecule has 0 amide bonds. The number of hydrogen-bond donors (Lipinski definition) is 1. The average Bonchev–Trinajstić information content (AvgIpc) is 1.73. The molecule has 1 fully saturated rings. The molecule has 0 aromatic rings. The van der Waals surface area contributed by atoms with Crippen molar-refractivity contribution in [3.63, 3.8) is 0 Å². The third-order valence-electron chi connectivity index (χ3n) is 1.81. The van der Waals surface area contributed by atoms with E-state index in [0.29, 0.717) is 6.54 Å². The lowest BCUT2D eigenvalue weighted by Crippen LogP contribution is -2.47. The second kappa shape index (κ2) is 1.94. The topological polar surface area (TPSA) is 35.2 Å². The lowest BCUT2D eigenvalue weighted by Gasteiger charge is -2.24. The fourth-order valence-corrected chi connectivity index (χ4v) is 1.49. The molecule has 1 rings (SSSR count). The highest BCUT2D eigenvalue weighted by Crippen LogP contribution is 2.23. The molecule has 10 heavy (non-hydrogen) atoms. The molecule has 59 valence electrons. The Morgan fingerprint density at radius 1 is 1.30 bits per heavy atom. The molecule has 0 spiro atoms. The summed E-state index contributed by atoms with van der Waals surface area (Å²) in [7, 11) is 0. The highest BCUT2D eigenvalue weighted by Gasteiger charge is 2.42. The van der Waals surface area contributed by atoms with Crippen LogP contribution in [0.15, 0.2) is 0 Å². The Bertz CT molecular complexity index is 143. The molecule has 0 unspecified atom stereocenters. The molecule has 3 nitrogen and oxygen atoms in total. The molecule has 1 heterocycles. The van der Waals surface area contributed by atoms with E-state index in [2.05, 4.69) is 5.32 Å². The van der Waals surface area contributed by atoms with E-state index in [1.165, 1.54) is 0 Å². The van der Waals surface area contributed by atoms with Crippen molar-refractivity contribution in [2.75, 3.05) is 6.54 Å². The largest absolute Gasteiger partial charge is 0.291 e. The van der Waals surface area contributed by atoms with E-state index in [-0.39, 0.29) is 11.2 Å². The Labute approximate surface area is 62.0 Å². The number of nitrogens with zero attached hydrogens (tertiary/aromatic N) is 1. The first kappa shape index (κ1) is 7.98. The molecule has 0 aliphatic carbocycles. The molecule has 3 heteroatoms. The average molecular weight is 143 g/mol. The van der Waals surface area contributed by atoms with Crippen molar-refractivity contribution in [3.05, 3.63) is 0 Å². The highest BCUT2D eigenvalue weighted by atomic mass is 16.5. The summed E-state index contributed by atoms with van der Waals surface area (Å²) < 4.78 is 0. The quantitative estimate of drug-likeness (QED) is 0.543. The van der Waals surface area contributed by atoms with Gasteiger partial charge in [0.05, 0.1) is 5.66 Å². The molecular formula is C7H15N2O. The van der Waals surface area contributed by atoms with Gasteiger partial charge in [-0.3, -0.25) is 5.32 Å². The van der Waals surface area contributed by atoms with Crippen LogP contribution >= 0.6 is 0 Å². The zero-order chi connectivity index (χ0) is 7.99. The van der Waals surface area contributed by atoms with Crippen LogP contribution in [0.5, 0.6) is 0 Å². The first-order chi connectivity index (χ1) is 4.33. The summed E-state index contributed by atoms with van der Waals surface area (Å²) in [4.78, 5) is 0. The van der Waals surface area contributed by atoms with E-state index in [9.17, 15) is 5.21 Å². The van der Waals surface area contributed by atoms with Crippen LogP contribution in [0.1, 0.15) is 27.7 Å². The highest BCUT2D eigenvalue weighted by molar-refractivity contribution is 4.95. The van der Waals surface area contributed by atoms with Gasteiger partial charge in [0.1, 0.15) is 0 Å². The third kappa shape index (κ3) is 1.31. The molecular weight excluding hydrogens is 128 g/mol.